The maximum atomic E-state index is 12.9. The molecule has 0 bridgehead atoms. The quantitative estimate of drug-likeness (QED) is 0.377. The third-order valence-electron chi connectivity index (χ3n) is 5.37. The number of nitrogens with zero attached hydrogens (tertiary/aromatic N) is 6. The first kappa shape index (κ1) is 23.4. The molecule has 180 valence electrons. The van der Waals surface area contributed by atoms with Crippen LogP contribution in [0.1, 0.15) is 39.5 Å². The summed E-state index contributed by atoms with van der Waals surface area (Å²) in [7, 11) is 0. The van der Waals surface area contributed by atoms with Crippen LogP contribution in [-0.4, -0.2) is 42.6 Å². The standard InChI is InChI=1S/C23H16Cl2N8O3/c1-12(19-28-11-29-33(19)22-26-7-4-8-27-22)30-23(36)31-17-10-18(16(25)9-15(17)24)32-20(34)13-5-2-3-6-14(13)21(32)35/h2-12H,1H3,(H2,30,31,36). The van der Waals surface area contributed by atoms with Crippen molar-refractivity contribution in [2.24, 2.45) is 0 Å². The fraction of sp³-hybridized carbons (Fsp3) is 0.0870. The van der Waals surface area contributed by atoms with Gasteiger partial charge in [0.2, 0.25) is 0 Å². The van der Waals surface area contributed by atoms with Gasteiger partial charge in [-0.2, -0.15) is 9.78 Å². The molecule has 13 heteroatoms. The summed E-state index contributed by atoms with van der Waals surface area (Å²) in [5, 5.41) is 9.66. The molecule has 36 heavy (non-hydrogen) atoms. The Hall–Kier alpha value is -4.35. The van der Waals surface area contributed by atoms with Gasteiger partial charge < -0.3 is 10.6 Å². The monoisotopic (exact) mass is 522 g/mol. The molecular formula is C23H16Cl2N8O3. The molecule has 1 unspecified atom stereocenters. The Kier molecular flexibility index (Phi) is 6.08. The van der Waals surface area contributed by atoms with E-state index in [-0.39, 0.29) is 32.5 Å². The Morgan fingerprint density at radius 3 is 2.28 bits per heavy atom. The topological polar surface area (TPSA) is 135 Å². The summed E-state index contributed by atoms with van der Waals surface area (Å²) >= 11 is 12.6. The Labute approximate surface area is 214 Å². The van der Waals surface area contributed by atoms with Gasteiger partial charge in [0, 0.05) is 12.4 Å². The van der Waals surface area contributed by atoms with Crippen molar-refractivity contribution in [2.45, 2.75) is 13.0 Å². The van der Waals surface area contributed by atoms with Crippen LogP contribution in [0.25, 0.3) is 5.95 Å². The van der Waals surface area contributed by atoms with Crippen molar-refractivity contribution in [1.29, 1.82) is 0 Å². The van der Waals surface area contributed by atoms with Crippen LogP contribution in [0.4, 0.5) is 16.2 Å². The highest BCUT2D eigenvalue weighted by Gasteiger charge is 2.37. The lowest BCUT2D eigenvalue weighted by atomic mass is 10.1. The van der Waals surface area contributed by atoms with Crippen LogP contribution >= 0.6 is 23.2 Å². The molecule has 4 aromatic rings. The van der Waals surface area contributed by atoms with Gasteiger partial charge in [0.1, 0.15) is 6.33 Å². The number of halogens is 2. The molecule has 0 fully saturated rings. The number of carbonyl (C=O) groups is 3. The van der Waals surface area contributed by atoms with Gasteiger partial charge in [-0.3, -0.25) is 9.59 Å². The van der Waals surface area contributed by atoms with Gasteiger partial charge >= 0.3 is 6.03 Å². The normalized spacial score (nSPS) is 13.5. The van der Waals surface area contributed by atoms with E-state index in [1.165, 1.54) is 23.1 Å². The number of carbonyl (C=O) groups excluding carboxylic acids is 3. The second-order valence-electron chi connectivity index (χ2n) is 7.67. The number of hydrogen-bond acceptors (Lipinski definition) is 7. The molecule has 2 N–H and O–H groups in total. The number of anilines is 2. The van der Waals surface area contributed by atoms with Gasteiger partial charge in [0.05, 0.1) is 38.6 Å². The van der Waals surface area contributed by atoms with Crippen molar-refractivity contribution in [2.75, 3.05) is 10.2 Å². The van der Waals surface area contributed by atoms with Gasteiger partial charge in [-0.05, 0) is 37.3 Å². The zero-order chi connectivity index (χ0) is 25.4. The molecule has 1 aliphatic heterocycles. The molecule has 0 spiro atoms. The third kappa shape index (κ3) is 4.14. The largest absolute Gasteiger partial charge is 0.328 e. The number of aromatic nitrogens is 5. The van der Waals surface area contributed by atoms with Gasteiger partial charge in [-0.25, -0.2) is 24.6 Å². The molecule has 2 aromatic carbocycles. The minimum Gasteiger partial charge on any atom is -0.328 e. The smallest absolute Gasteiger partial charge is 0.319 e. The third-order valence-corrected chi connectivity index (χ3v) is 5.99. The average Bonchev–Trinajstić information content (AvgIpc) is 3.46. The van der Waals surface area contributed by atoms with Crippen molar-refractivity contribution in [3.63, 3.8) is 0 Å². The molecule has 11 nitrogen and oxygen atoms in total. The van der Waals surface area contributed by atoms with E-state index in [1.807, 2.05) is 0 Å². The second kappa shape index (κ2) is 9.36. The zero-order valence-electron chi connectivity index (χ0n) is 18.5. The lowest BCUT2D eigenvalue weighted by Crippen LogP contribution is -2.33. The van der Waals surface area contributed by atoms with Crippen LogP contribution in [-0.2, 0) is 0 Å². The maximum absolute atomic E-state index is 12.9. The highest BCUT2D eigenvalue weighted by atomic mass is 35.5. The fourth-order valence-corrected chi connectivity index (χ4v) is 4.25. The predicted molar refractivity (Wildman–Crippen MR) is 132 cm³/mol. The van der Waals surface area contributed by atoms with Gasteiger partial charge in [-0.15, -0.1) is 0 Å². The van der Waals surface area contributed by atoms with E-state index in [0.29, 0.717) is 11.8 Å². The first-order chi connectivity index (χ1) is 17.3. The number of fused-ring (bicyclic) bond motifs is 1. The number of imide groups is 1. The molecule has 1 atom stereocenters. The predicted octanol–water partition coefficient (Wildman–Crippen LogP) is 4.05. The summed E-state index contributed by atoms with van der Waals surface area (Å²) in [5.41, 5.74) is 0.768. The lowest BCUT2D eigenvalue weighted by molar-refractivity contribution is 0.0926. The number of benzene rings is 2. The van der Waals surface area contributed by atoms with Crippen LogP contribution in [0.5, 0.6) is 0 Å². The summed E-state index contributed by atoms with van der Waals surface area (Å²) in [6.45, 7) is 1.71. The molecule has 1 aliphatic rings. The van der Waals surface area contributed by atoms with E-state index < -0.39 is 23.9 Å². The number of urea groups is 1. The molecule has 0 radical (unpaired) electrons. The van der Waals surface area contributed by atoms with Crippen molar-refractivity contribution in [3.8, 4) is 5.95 Å². The van der Waals surface area contributed by atoms with Crippen molar-refractivity contribution >= 4 is 52.4 Å². The maximum Gasteiger partial charge on any atom is 0.319 e. The first-order valence-electron chi connectivity index (χ1n) is 10.6. The van der Waals surface area contributed by atoms with Gasteiger partial charge in [-0.1, -0.05) is 35.3 Å². The van der Waals surface area contributed by atoms with Crippen molar-refractivity contribution < 1.29 is 14.4 Å². The van der Waals surface area contributed by atoms with E-state index in [0.717, 1.165) is 4.90 Å². The Balaban J connectivity index is 1.36. The minimum atomic E-state index is -0.622. The van der Waals surface area contributed by atoms with Crippen LogP contribution in [0.3, 0.4) is 0 Å². The Morgan fingerprint density at radius 2 is 1.61 bits per heavy atom. The summed E-state index contributed by atoms with van der Waals surface area (Å²) in [6, 6.07) is 9.63. The number of rotatable bonds is 5. The van der Waals surface area contributed by atoms with Crippen LogP contribution in [0.15, 0.2) is 61.2 Å². The SMILES string of the molecule is CC(NC(=O)Nc1cc(N2C(=O)c3ccccc3C2=O)c(Cl)cc1Cl)c1ncnn1-c1ncccn1. The van der Waals surface area contributed by atoms with Crippen molar-refractivity contribution in [1.82, 2.24) is 30.0 Å². The molecule has 0 saturated heterocycles. The highest BCUT2D eigenvalue weighted by molar-refractivity contribution is 6.42. The second-order valence-corrected chi connectivity index (χ2v) is 8.49. The molecular weight excluding hydrogens is 507 g/mol. The average molecular weight is 523 g/mol. The van der Waals surface area contributed by atoms with E-state index in [2.05, 4.69) is 30.7 Å². The van der Waals surface area contributed by atoms with E-state index in [9.17, 15) is 14.4 Å². The molecule has 5 rings (SSSR count). The highest BCUT2D eigenvalue weighted by Crippen LogP contribution is 2.38. The van der Waals surface area contributed by atoms with Crippen molar-refractivity contribution in [3.05, 3.63) is 88.2 Å². The van der Waals surface area contributed by atoms with E-state index in [1.54, 1.807) is 49.6 Å². The fourth-order valence-electron chi connectivity index (χ4n) is 3.73. The lowest BCUT2D eigenvalue weighted by Gasteiger charge is -2.19. The summed E-state index contributed by atoms with van der Waals surface area (Å²) in [4.78, 5) is 52.0. The molecule has 0 aliphatic carbocycles. The zero-order valence-corrected chi connectivity index (χ0v) is 20.0. The number of amides is 4. The van der Waals surface area contributed by atoms with Crippen LogP contribution in [0, 0.1) is 0 Å². The minimum absolute atomic E-state index is 0.0739. The summed E-state index contributed by atoms with van der Waals surface area (Å²) in [5.74, 6) is -0.353. The summed E-state index contributed by atoms with van der Waals surface area (Å²) in [6.07, 6.45) is 4.45. The molecule has 3 heterocycles. The van der Waals surface area contributed by atoms with E-state index in [4.69, 9.17) is 23.2 Å². The Bertz CT molecular complexity index is 1470. The molecule has 4 amide bonds. The Morgan fingerprint density at radius 1 is 0.944 bits per heavy atom. The molecule has 2 aromatic heterocycles. The molecule has 0 saturated carbocycles. The number of hydrogen-bond donors (Lipinski definition) is 2. The van der Waals surface area contributed by atoms with Gasteiger partial charge in [0.15, 0.2) is 5.82 Å². The van der Waals surface area contributed by atoms with Crippen LogP contribution in [0.2, 0.25) is 10.0 Å². The van der Waals surface area contributed by atoms with Crippen LogP contribution < -0.4 is 15.5 Å². The number of nitrogens with one attached hydrogen (secondary N) is 2. The van der Waals surface area contributed by atoms with E-state index >= 15 is 0 Å². The summed E-state index contributed by atoms with van der Waals surface area (Å²) < 4.78 is 1.40. The first-order valence-corrected chi connectivity index (χ1v) is 11.3. The van der Waals surface area contributed by atoms with Gasteiger partial charge in [0.25, 0.3) is 17.8 Å².